The largest absolute Gasteiger partial charge is 0.419 e. The fourth-order valence-electron chi connectivity index (χ4n) is 6.85. The first-order valence-corrected chi connectivity index (χ1v) is 12.5. The Morgan fingerprint density at radius 3 is 2.64 bits per heavy atom. The molecule has 1 spiro atoms. The second kappa shape index (κ2) is 7.56. The van der Waals surface area contributed by atoms with Crippen LogP contribution in [0.25, 0.3) is 22.2 Å². The number of halogens is 3. The van der Waals surface area contributed by atoms with E-state index in [9.17, 15) is 13.2 Å². The Morgan fingerprint density at radius 2 is 1.89 bits per heavy atom. The van der Waals surface area contributed by atoms with Gasteiger partial charge in [0.15, 0.2) is 0 Å². The number of nitrogens with one attached hydrogen (secondary N) is 2. The summed E-state index contributed by atoms with van der Waals surface area (Å²) in [7, 11) is 0. The minimum absolute atomic E-state index is 0.0968. The molecule has 2 N–H and O–H groups in total. The van der Waals surface area contributed by atoms with Crippen molar-refractivity contribution in [2.45, 2.75) is 44.1 Å². The van der Waals surface area contributed by atoms with Gasteiger partial charge in [-0.2, -0.15) is 13.2 Å². The first-order chi connectivity index (χ1) is 17.4. The molecule has 5 nitrogen and oxygen atoms in total. The molecule has 2 aromatic heterocycles. The van der Waals surface area contributed by atoms with Crippen LogP contribution < -0.4 is 5.32 Å². The summed E-state index contributed by atoms with van der Waals surface area (Å²) in [6.07, 6.45) is 0.295. The topological polar surface area (TPSA) is 56.8 Å². The molecule has 36 heavy (non-hydrogen) atoms. The number of rotatable bonds is 5. The van der Waals surface area contributed by atoms with Gasteiger partial charge in [0.05, 0.1) is 11.7 Å². The third-order valence-corrected chi connectivity index (χ3v) is 8.81. The number of hydrogen-bond acceptors (Lipinski definition) is 4. The number of nitrogens with zero attached hydrogens (tertiary/aromatic N) is 3. The maximum Gasteiger partial charge on any atom is 0.419 e. The summed E-state index contributed by atoms with van der Waals surface area (Å²) >= 11 is 0. The zero-order valence-electron chi connectivity index (χ0n) is 19.8. The molecular weight excluding hydrogens is 463 g/mol. The number of hydrogen-bond donors (Lipinski definition) is 2. The van der Waals surface area contributed by atoms with Crippen molar-refractivity contribution in [2.24, 2.45) is 11.3 Å². The van der Waals surface area contributed by atoms with E-state index >= 15 is 0 Å². The normalized spacial score (nSPS) is 27.8. The molecule has 3 heterocycles. The molecule has 7 rings (SSSR count). The van der Waals surface area contributed by atoms with Gasteiger partial charge in [-0.15, -0.1) is 0 Å². The highest BCUT2D eigenvalue weighted by Crippen LogP contribution is 2.72. The van der Waals surface area contributed by atoms with Crippen molar-refractivity contribution in [3.8, 4) is 11.3 Å². The first-order valence-electron chi connectivity index (χ1n) is 12.5. The number of H-pyrrole nitrogens is 1. The van der Waals surface area contributed by atoms with Crippen LogP contribution in [0, 0.1) is 11.3 Å². The molecule has 1 aliphatic heterocycles. The first kappa shape index (κ1) is 21.9. The Morgan fingerprint density at radius 1 is 1.11 bits per heavy atom. The number of fused-ring (bicyclic) bond motifs is 1. The number of benzene rings is 2. The lowest BCUT2D eigenvalue weighted by molar-refractivity contribution is -0.137. The summed E-state index contributed by atoms with van der Waals surface area (Å²) in [6.45, 7) is 3.31. The van der Waals surface area contributed by atoms with Crippen molar-refractivity contribution in [3.05, 3.63) is 78.1 Å². The molecule has 2 saturated carbocycles. The van der Waals surface area contributed by atoms with Gasteiger partial charge in [-0.1, -0.05) is 48.5 Å². The maximum atomic E-state index is 13.9. The summed E-state index contributed by atoms with van der Waals surface area (Å²) in [4.78, 5) is 14.2. The molecule has 0 bridgehead atoms. The standard InChI is InChI=1S/C28H26F3N5/c1-16(17-7-3-2-4-8-17)36-15-18-11-12-27(18)24(25(27)36)35-26-33-14-21(28(29,30)31)23(34-26)20-13-32-22-10-6-5-9-19(20)22/h2-10,13-14,16,18,24-25,32H,11-12,15H2,1H3,(H,33,34,35)/t16-,18?,24?,25?,27?/m0/s1. The average molecular weight is 490 g/mol. The van der Waals surface area contributed by atoms with Crippen LogP contribution in [0.5, 0.6) is 0 Å². The van der Waals surface area contributed by atoms with Crippen molar-refractivity contribution >= 4 is 16.9 Å². The summed E-state index contributed by atoms with van der Waals surface area (Å²) in [5.74, 6) is 0.865. The third-order valence-electron chi connectivity index (χ3n) is 8.81. The number of para-hydroxylation sites is 1. The molecule has 3 aliphatic rings. The van der Waals surface area contributed by atoms with Crippen molar-refractivity contribution in [2.75, 3.05) is 11.9 Å². The summed E-state index contributed by atoms with van der Waals surface area (Å²) in [6, 6.07) is 18.6. The van der Waals surface area contributed by atoms with E-state index in [1.54, 1.807) is 6.20 Å². The predicted molar refractivity (Wildman–Crippen MR) is 132 cm³/mol. The van der Waals surface area contributed by atoms with Gasteiger partial charge >= 0.3 is 6.18 Å². The maximum absolute atomic E-state index is 13.9. The highest BCUT2D eigenvalue weighted by Gasteiger charge is 2.78. The molecule has 5 atom stereocenters. The molecule has 1 saturated heterocycles. The molecule has 184 valence electrons. The second-order valence-electron chi connectivity index (χ2n) is 10.4. The third kappa shape index (κ3) is 3.06. The molecule has 0 radical (unpaired) electrons. The Bertz CT molecular complexity index is 1450. The van der Waals surface area contributed by atoms with Gasteiger partial charge in [0.1, 0.15) is 5.56 Å². The molecule has 4 aromatic rings. The lowest BCUT2D eigenvalue weighted by atomic mass is 9.71. The average Bonchev–Trinajstić information content (AvgIpc) is 3.22. The number of anilines is 1. The van der Waals surface area contributed by atoms with Gasteiger partial charge in [0, 0.05) is 52.9 Å². The molecule has 4 unspecified atom stereocenters. The Balaban J connectivity index is 1.22. The van der Waals surface area contributed by atoms with Gasteiger partial charge in [-0.25, -0.2) is 9.97 Å². The van der Waals surface area contributed by atoms with E-state index < -0.39 is 11.7 Å². The fraction of sp³-hybridized carbons (Fsp3) is 0.357. The molecule has 2 aliphatic carbocycles. The quantitative estimate of drug-likeness (QED) is 0.347. The minimum Gasteiger partial charge on any atom is -0.360 e. The lowest BCUT2D eigenvalue weighted by Gasteiger charge is -2.36. The van der Waals surface area contributed by atoms with E-state index in [1.165, 1.54) is 12.0 Å². The second-order valence-corrected chi connectivity index (χ2v) is 10.4. The monoisotopic (exact) mass is 489 g/mol. The van der Waals surface area contributed by atoms with Gasteiger partial charge in [-0.05, 0) is 37.3 Å². The Labute approximate surface area is 206 Å². The van der Waals surface area contributed by atoms with Crippen molar-refractivity contribution in [1.82, 2.24) is 19.9 Å². The minimum atomic E-state index is -4.55. The number of piperidine rings is 1. The van der Waals surface area contributed by atoms with E-state index in [0.717, 1.165) is 24.7 Å². The number of aromatic nitrogens is 3. The van der Waals surface area contributed by atoms with Crippen LogP contribution in [0.1, 0.15) is 36.9 Å². The van der Waals surface area contributed by atoms with Crippen molar-refractivity contribution < 1.29 is 13.2 Å². The summed E-state index contributed by atoms with van der Waals surface area (Å²) < 4.78 is 41.8. The van der Waals surface area contributed by atoms with E-state index in [4.69, 9.17) is 0 Å². The number of alkyl halides is 3. The number of likely N-dealkylation sites (tertiary alicyclic amines) is 1. The highest BCUT2D eigenvalue weighted by molar-refractivity contribution is 5.95. The van der Waals surface area contributed by atoms with Crippen LogP contribution in [-0.4, -0.2) is 38.5 Å². The smallest absolute Gasteiger partial charge is 0.360 e. The predicted octanol–water partition coefficient (Wildman–Crippen LogP) is 6.28. The molecule has 0 amide bonds. The van der Waals surface area contributed by atoms with Crippen LogP contribution in [0.15, 0.2) is 67.0 Å². The van der Waals surface area contributed by atoms with E-state index in [1.807, 2.05) is 30.3 Å². The summed E-state index contributed by atoms with van der Waals surface area (Å²) in [5, 5.41) is 4.17. The van der Waals surface area contributed by atoms with E-state index in [0.29, 0.717) is 22.9 Å². The van der Waals surface area contributed by atoms with Gasteiger partial charge in [0.25, 0.3) is 0 Å². The molecule has 8 heteroatoms. The number of aromatic amines is 1. The molecule has 3 fully saturated rings. The highest BCUT2D eigenvalue weighted by atomic mass is 19.4. The zero-order chi connectivity index (χ0) is 24.7. The lowest BCUT2D eigenvalue weighted by Crippen LogP contribution is -2.38. The fourth-order valence-corrected chi connectivity index (χ4v) is 6.85. The van der Waals surface area contributed by atoms with Gasteiger partial charge < -0.3 is 10.3 Å². The summed E-state index contributed by atoms with van der Waals surface area (Å²) in [5.41, 5.74) is 1.74. The SMILES string of the molecule is C[C@@H](c1ccccc1)N1CC2CCC23C(Nc2ncc(C(F)(F)F)c(-c4c[nH]c5ccccc45)n2)C13. The van der Waals surface area contributed by atoms with Crippen LogP contribution in [0.3, 0.4) is 0 Å². The van der Waals surface area contributed by atoms with Crippen LogP contribution >= 0.6 is 0 Å². The van der Waals surface area contributed by atoms with E-state index in [-0.39, 0.29) is 29.1 Å². The zero-order valence-corrected chi connectivity index (χ0v) is 19.8. The Hall–Kier alpha value is -3.39. The van der Waals surface area contributed by atoms with Crippen LogP contribution in [-0.2, 0) is 6.18 Å². The molecular formula is C28H26F3N5. The Kier molecular flexibility index (Phi) is 4.59. The molecule has 2 aromatic carbocycles. The van der Waals surface area contributed by atoms with Crippen molar-refractivity contribution in [1.29, 1.82) is 0 Å². The van der Waals surface area contributed by atoms with Crippen LogP contribution in [0.4, 0.5) is 19.1 Å². The van der Waals surface area contributed by atoms with E-state index in [2.05, 4.69) is 56.4 Å². The van der Waals surface area contributed by atoms with Gasteiger partial charge in [0.2, 0.25) is 5.95 Å². The van der Waals surface area contributed by atoms with Gasteiger partial charge in [-0.3, -0.25) is 4.90 Å². The van der Waals surface area contributed by atoms with Crippen molar-refractivity contribution in [3.63, 3.8) is 0 Å². The van der Waals surface area contributed by atoms with Crippen LogP contribution in [0.2, 0.25) is 0 Å².